The monoisotopic (exact) mass is 298 g/mol. The lowest BCUT2D eigenvalue weighted by Gasteiger charge is -1.97. The van der Waals surface area contributed by atoms with Crippen LogP contribution in [-0.2, 0) is 17.9 Å². The summed E-state index contributed by atoms with van der Waals surface area (Å²) >= 11 is 0. The highest BCUT2D eigenvalue weighted by Gasteiger charge is 2.19. The average Bonchev–Trinajstić information content (AvgIpc) is 2.52. The molecule has 0 bridgehead atoms. The molecule has 0 unspecified atom stereocenters. The average molecular weight is 299 g/mol. The van der Waals surface area contributed by atoms with E-state index in [0.29, 0.717) is 12.5 Å². The SMILES string of the molecule is Br.CCn1c(N)[n+](CC(C)=O)c2ccccc21. The van der Waals surface area contributed by atoms with Crippen molar-refractivity contribution in [3.8, 4) is 0 Å². The Labute approximate surface area is 111 Å². The number of hydrogen-bond donors (Lipinski definition) is 1. The lowest BCUT2D eigenvalue weighted by molar-refractivity contribution is -0.644. The number of carbonyl (C=O) groups excluding carboxylic acids is 1. The first-order valence-corrected chi connectivity index (χ1v) is 5.41. The zero-order chi connectivity index (χ0) is 11.7. The molecule has 92 valence electrons. The van der Waals surface area contributed by atoms with Crippen molar-refractivity contribution < 1.29 is 9.36 Å². The molecule has 0 radical (unpaired) electrons. The maximum absolute atomic E-state index is 11.2. The number of para-hydroxylation sites is 2. The van der Waals surface area contributed by atoms with Crippen LogP contribution in [0.4, 0.5) is 5.95 Å². The molecule has 1 aromatic heterocycles. The summed E-state index contributed by atoms with van der Waals surface area (Å²) < 4.78 is 3.87. The Morgan fingerprint density at radius 3 is 2.65 bits per heavy atom. The number of anilines is 1. The van der Waals surface area contributed by atoms with Crippen LogP contribution in [0.3, 0.4) is 0 Å². The van der Waals surface area contributed by atoms with E-state index in [4.69, 9.17) is 5.73 Å². The zero-order valence-electron chi connectivity index (χ0n) is 10.0. The van der Waals surface area contributed by atoms with E-state index in [1.807, 2.05) is 40.3 Å². The van der Waals surface area contributed by atoms with Crippen LogP contribution in [0.25, 0.3) is 11.0 Å². The Morgan fingerprint density at radius 1 is 1.41 bits per heavy atom. The van der Waals surface area contributed by atoms with Gasteiger partial charge in [-0.15, -0.1) is 17.0 Å². The van der Waals surface area contributed by atoms with Gasteiger partial charge in [-0.3, -0.25) is 10.5 Å². The summed E-state index contributed by atoms with van der Waals surface area (Å²) in [7, 11) is 0. The van der Waals surface area contributed by atoms with Crippen molar-refractivity contribution in [1.29, 1.82) is 0 Å². The molecule has 0 saturated heterocycles. The number of nitrogens with zero attached hydrogens (tertiary/aromatic N) is 2. The Morgan fingerprint density at radius 2 is 2.06 bits per heavy atom. The number of rotatable bonds is 3. The van der Waals surface area contributed by atoms with Gasteiger partial charge >= 0.3 is 5.95 Å². The normalized spacial score (nSPS) is 10.2. The van der Waals surface area contributed by atoms with Gasteiger partial charge in [0.2, 0.25) is 0 Å². The first-order valence-electron chi connectivity index (χ1n) is 5.41. The second-order valence-corrected chi connectivity index (χ2v) is 3.88. The van der Waals surface area contributed by atoms with E-state index in [2.05, 4.69) is 0 Å². The number of fused-ring (bicyclic) bond motifs is 1. The van der Waals surface area contributed by atoms with E-state index >= 15 is 0 Å². The molecule has 0 atom stereocenters. The zero-order valence-corrected chi connectivity index (χ0v) is 11.7. The highest BCUT2D eigenvalue weighted by Crippen LogP contribution is 2.15. The molecule has 2 N–H and O–H groups in total. The number of ketones is 1. The quantitative estimate of drug-likeness (QED) is 0.877. The van der Waals surface area contributed by atoms with Crippen molar-refractivity contribution in [2.75, 3.05) is 5.73 Å². The summed E-state index contributed by atoms with van der Waals surface area (Å²) in [6, 6.07) is 7.94. The minimum absolute atomic E-state index is 0. The molecular formula is C12H17BrN3O+. The van der Waals surface area contributed by atoms with Gasteiger partial charge in [0.15, 0.2) is 5.78 Å². The van der Waals surface area contributed by atoms with Gasteiger partial charge in [-0.25, -0.2) is 9.13 Å². The number of imidazole rings is 1. The van der Waals surface area contributed by atoms with E-state index in [0.717, 1.165) is 17.6 Å². The lowest BCUT2D eigenvalue weighted by Crippen LogP contribution is -2.39. The number of nitrogen functional groups attached to an aromatic ring is 1. The number of hydrogen-bond acceptors (Lipinski definition) is 2. The van der Waals surface area contributed by atoms with Crippen LogP contribution in [0.15, 0.2) is 24.3 Å². The van der Waals surface area contributed by atoms with E-state index in [1.54, 1.807) is 6.92 Å². The predicted octanol–water partition coefficient (Wildman–Crippen LogP) is 1.70. The highest BCUT2D eigenvalue weighted by molar-refractivity contribution is 8.93. The van der Waals surface area contributed by atoms with Crippen molar-refractivity contribution in [3.63, 3.8) is 0 Å². The van der Waals surface area contributed by atoms with E-state index < -0.39 is 0 Å². The summed E-state index contributed by atoms with van der Waals surface area (Å²) in [5.41, 5.74) is 8.13. The molecule has 0 fully saturated rings. The van der Waals surface area contributed by atoms with E-state index in [9.17, 15) is 4.79 Å². The molecule has 0 spiro atoms. The lowest BCUT2D eigenvalue weighted by atomic mass is 10.3. The summed E-state index contributed by atoms with van der Waals surface area (Å²) in [5, 5.41) is 0. The summed E-state index contributed by atoms with van der Waals surface area (Å²) in [5.74, 6) is 0.745. The molecule has 0 saturated carbocycles. The second kappa shape index (κ2) is 5.31. The maximum atomic E-state index is 11.2. The van der Waals surface area contributed by atoms with Crippen LogP contribution in [0.1, 0.15) is 13.8 Å². The van der Waals surface area contributed by atoms with Crippen LogP contribution < -0.4 is 10.3 Å². The number of aromatic nitrogens is 2. The number of halogens is 1. The van der Waals surface area contributed by atoms with Gasteiger partial charge < -0.3 is 0 Å². The molecule has 5 heteroatoms. The maximum Gasteiger partial charge on any atom is 0.356 e. The number of nitrogens with two attached hydrogens (primary N) is 1. The Balaban J connectivity index is 0.00000144. The van der Waals surface area contributed by atoms with Crippen LogP contribution in [0.5, 0.6) is 0 Å². The molecule has 17 heavy (non-hydrogen) atoms. The predicted molar refractivity (Wildman–Crippen MR) is 73.2 cm³/mol. The fourth-order valence-electron chi connectivity index (χ4n) is 2.03. The molecule has 0 amide bonds. The summed E-state index contributed by atoms with van der Waals surface area (Å²) in [4.78, 5) is 11.2. The Kier molecular flexibility index (Phi) is 4.28. The number of Topliss-reactive ketones (excluding diaryl/α,β-unsaturated/α-hetero) is 1. The minimum Gasteiger partial charge on any atom is -0.296 e. The molecule has 4 nitrogen and oxygen atoms in total. The van der Waals surface area contributed by atoms with E-state index in [1.165, 1.54) is 0 Å². The van der Waals surface area contributed by atoms with Gasteiger partial charge in [-0.1, -0.05) is 12.1 Å². The molecule has 1 heterocycles. The standard InChI is InChI=1S/C12H15N3O.BrH/c1-3-14-10-6-4-5-7-11(10)15(12(14)13)8-9(2)16;/h4-7,13H,3,8H2,1-2H3;1H/p+1. The minimum atomic E-state index is 0. The van der Waals surface area contributed by atoms with Crippen molar-refractivity contribution in [1.82, 2.24) is 4.57 Å². The molecule has 0 aliphatic heterocycles. The summed E-state index contributed by atoms with van der Waals surface area (Å²) in [6.07, 6.45) is 0. The third-order valence-electron chi connectivity index (χ3n) is 2.71. The first-order chi connectivity index (χ1) is 7.65. The van der Waals surface area contributed by atoms with E-state index in [-0.39, 0.29) is 22.8 Å². The molecule has 2 rings (SSSR count). The van der Waals surface area contributed by atoms with Crippen LogP contribution >= 0.6 is 17.0 Å². The molecule has 2 aromatic rings. The molecular weight excluding hydrogens is 282 g/mol. The fraction of sp³-hybridized carbons (Fsp3) is 0.333. The third kappa shape index (κ3) is 2.34. The van der Waals surface area contributed by atoms with Crippen LogP contribution in [0, 0.1) is 0 Å². The van der Waals surface area contributed by atoms with Gasteiger partial charge in [-0.05, 0) is 26.0 Å². The van der Waals surface area contributed by atoms with Gasteiger partial charge in [0.05, 0.1) is 6.54 Å². The smallest absolute Gasteiger partial charge is 0.296 e. The van der Waals surface area contributed by atoms with Crippen LogP contribution in [0.2, 0.25) is 0 Å². The van der Waals surface area contributed by atoms with Gasteiger partial charge in [0.25, 0.3) is 0 Å². The number of carbonyl (C=O) groups is 1. The molecule has 0 aliphatic rings. The van der Waals surface area contributed by atoms with Crippen molar-refractivity contribution in [3.05, 3.63) is 24.3 Å². The fourth-order valence-corrected chi connectivity index (χ4v) is 2.03. The van der Waals surface area contributed by atoms with Crippen LogP contribution in [-0.4, -0.2) is 10.4 Å². The molecule has 1 aromatic carbocycles. The van der Waals surface area contributed by atoms with Crippen molar-refractivity contribution >= 4 is 39.7 Å². The number of benzene rings is 1. The van der Waals surface area contributed by atoms with Crippen molar-refractivity contribution in [2.24, 2.45) is 0 Å². The summed E-state index contributed by atoms with van der Waals surface area (Å²) in [6.45, 7) is 4.75. The second-order valence-electron chi connectivity index (χ2n) is 3.88. The highest BCUT2D eigenvalue weighted by atomic mass is 79.9. The van der Waals surface area contributed by atoms with Crippen molar-refractivity contribution in [2.45, 2.75) is 26.9 Å². The van der Waals surface area contributed by atoms with Gasteiger partial charge in [0, 0.05) is 0 Å². The third-order valence-corrected chi connectivity index (χ3v) is 2.71. The first kappa shape index (κ1) is 13.7. The van der Waals surface area contributed by atoms with Gasteiger partial charge in [0.1, 0.15) is 17.6 Å². The largest absolute Gasteiger partial charge is 0.356 e. The topological polar surface area (TPSA) is 51.9 Å². The Hall–Kier alpha value is -1.36. The Bertz CT molecular complexity index is 548. The van der Waals surface area contributed by atoms with Gasteiger partial charge in [-0.2, -0.15) is 0 Å². The number of aryl methyl sites for hydroxylation is 1. The molecule has 0 aliphatic carbocycles.